The predicted molar refractivity (Wildman–Crippen MR) is 54.2 cm³/mol. The van der Waals surface area contributed by atoms with E-state index in [4.69, 9.17) is 0 Å². The number of hydrogen-bond acceptors (Lipinski definition) is 1. The molecule has 0 heterocycles. The van der Waals surface area contributed by atoms with Gasteiger partial charge in [0.05, 0.1) is 0 Å². The third-order valence-electron chi connectivity index (χ3n) is 3.03. The van der Waals surface area contributed by atoms with Crippen molar-refractivity contribution < 1.29 is 5.11 Å². The average Bonchev–Trinajstić information content (AvgIpc) is 2.02. The fraction of sp³-hybridized carbons (Fsp3) is 0.500. The van der Waals surface area contributed by atoms with Crippen LogP contribution in [-0.4, -0.2) is 5.11 Å². The van der Waals surface area contributed by atoms with Crippen molar-refractivity contribution in [2.45, 2.75) is 39.0 Å². The van der Waals surface area contributed by atoms with E-state index in [1.807, 2.05) is 12.1 Å². The van der Waals surface area contributed by atoms with Crippen LogP contribution < -0.4 is 0 Å². The van der Waals surface area contributed by atoms with Crippen molar-refractivity contribution in [1.29, 1.82) is 0 Å². The maximum absolute atomic E-state index is 9.46. The van der Waals surface area contributed by atoms with Gasteiger partial charge >= 0.3 is 0 Å². The zero-order valence-electron chi connectivity index (χ0n) is 8.30. The molecule has 0 aliphatic heterocycles. The molecule has 1 atom stereocenters. The van der Waals surface area contributed by atoms with Gasteiger partial charge in [0, 0.05) is 0 Å². The summed E-state index contributed by atoms with van der Waals surface area (Å²) in [5.74, 6) is 1.09. The van der Waals surface area contributed by atoms with Gasteiger partial charge in [-0.05, 0) is 60.9 Å². The van der Waals surface area contributed by atoms with Crippen molar-refractivity contribution in [3.05, 3.63) is 28.8 Å². The number of phenolic OH excluding ortho intramolecular Hbond substituents is 1. The van der Waals surface area contributed by atoms with E-state index in [-0.39, 0.29) is 0 Å². The lowest BCUT2D eigenvalue weighted by atomic mass is 9.81. The first-order valence-corrected chi connectivity index (χ1v) is 5.01. The Hall–Kier alpha value is -0.980. The van der Waals surface area contributed by atoms with Crippen molar-refractivity contribution >= 4 is 0 Å². The maximum atomic E-state index is 9.46. The van der Waals surface area contributed by atoms with E-state index in [1.54, 1.807) is 0 Å². The van der Waals surface area contributed by atoms with E-state index in [0.717, 1.165) is 6.42 Å². The molecule has 1 aromatic rings. The van der Waals surface area contributed by atoms with Gasteiger partial charge in [-0.15, -0.1) is 0 Å². The van der Waals surface area contributed by atoms with Crippen LogP contribution in [0.4, 0.5) is 0 Å². The zero-order valence-corrected chi connectivity index (χ0v) is 8.30. The second-order valence-corrected chi connectivity index (χ2v) is 4.13. The molecular formula is C12H16O. The molecule has 0 spiro atoms. The summed E-state index contributed by atoms with van der Waals surface area (Å²) in [5.41, 5.74) is 4.09. The van der Waals surface area contributed by atoms with E-state index in [1.165, 1.54) is 29.5 Å². The smallest absolute Gasteiger partial charge is 0.116 e. The lowest BCUT2D eigenvalue weighted by Crippen LogP contribution is -2.08. The van der Waals surface area contributed by atoms with E-state index in [0.29, 0.717) is 11.7 Å². The zero-order chi connectivity index (χ0) is 9.42. The molecule has 1 N–H and O–H groups in total. The Bertz CT molecular complexity index is 328. The fourth-order valence-corrected chi connectivity index (χ4v) is 2.51. The van der Waals surface area contributed by atoms with Crippen molar-refractivity contribution in [2.75, 3.05) is 0 Å². The number of rotatable bonds is 0. The van der Waals surface area contributed by atoms with Crippen LogP contribution in [0.5, 0.6) is 5.75 Å². The Morgan fingerprint density at radius 1 is 1.38 bits per heavy atom. The number of aromatic hydroxyl groups is 1. The number of fused-ring (bicyclic) bond motifs is 1. The second-order valence-electron chi connectivity index (χ2n) is 4.13. The van der Waals surface area contributed by atoms with Crippen molar-refractivity contribution in [3.63, 3.8) is 0 Å². The number of phenols is 1. The normalized spacial score (nSPS) is 21.2. The van der Waals surface area contributed by atoms with Crippen LogP contribution >= 0.6 is 0 Å². The van der Waals surface area contributed by atoms with E-state index < -0.39 is 0 Å². The van der Waals surface area contributed by atoms with Gasteiger partial charge in [0.2, 0.25) is 0 Å². The maximum Gasteiger partial charge on any atom is 0.116 e. The summed E-state index contributed by atoms with van der Waals surface area (Å²) in [6, 6.07) is 3.80. The first kappa shape index (κ1) is 8.61. The highest BCUT2D eigenvalue weighted by Gasteiger charge is 2.18. The van der Waals surface area contributed by atoms with Gasteiger partial charge in [0.25, 0.3) is 0 Å². The summed E-state index contributed by atoms with van der Waals surface area (Å²) in [7, 11) is 0. The van der Waals surface area contributed by atoms with Crippen molar-refractivity contribution in [2.24, 2.45) is 0 Å². The lowest BCUT2D eigenvalue weighted by molar-refractivity contribution is 0.471. The predicted octanol–water partition coefficient (Wildman–Crippen LogP) is 3.14. The largest absolute Gasteiger partial charge is 0.508 e. The monoisotopic (exact) mass is 176 g/mol. The molecule has 1 nitrogen and oxygen atoms in total. The summed E-state index contributed by atoms with van der Waals surface area (Å²) in [4.78, 5) is 0. The minimum absolute atomic E-state index is 0.422. The van der Waals surface area contributed by atoms with Gasteiger partial charge < -0.3 is 5.11 Å². The fourth-order valence-electron chi connectivity index (χ4n) is 2.51. The molecule has 13 heavy (non-hydrogen) atoms. The van der Waals surface area contributed by atoms with Gasteiger partial charge in [0.1, 0.15) is 5.75 Å². The molecule has 0 saturated heterocycles. The van der Waals surface area contributed by atoms with Crippen LogP contribution in [0, 0.1) is 6.92 Å². The number of hydrogen-bond donors (Lipinski definition) is 1. The van der Waals surface area contributed by atoms with E-state index in [9.17, 15) is 5.11 Å². The van der Waals surface area contributed by atoms with Crippen molar-refractivity contribution in [3.8, 4) is 5.75 Å². The Kier molecular flexibility index (Phi) is 2.03. The second kappa shape index (κ2) is 3.06. The lowest BCUT2D eigenvalue weighted by Gasteiger charge is -2.24. The highest BCUT2D eigenvalue weighted by molar-refractivity contribution is 5.44. The first-order valence-electron chi connectivity index (χ1n) is 5.01. The SMILES string of the molecule is Cc1cc(O)cc2c1C(C)CCC2. The Balaban J connectivity index is 2.56. The topological polar surface area (TPSA) is 20.2 Å². The number of benzene rings is 1. The van der Waals surface area contributed by atoms with Gasteiger partial charge in [-0.2, -0.15) is 0 Å². The van der Waals surface area contributed by atoms with Crippen LogP contribution in [0.1, 0.15) is 42.4 Å². The van der Waals surface area contributed by atoms with Crippen molar-refractivity contribution in [1.82, 2.24) is 0 Å². The molecule has 70 valence electrons. The van der Waals surface area contributed by atoms with E-state index >= 15 is 0 Å². The van der Waals surface area contributed by atoms with E-state index in [2.05, 4.69) is 13.8 Å². The molecule has 0 fully saturated rings. The Morgan fingerprint density at radius 2 is 2.15 bits per heavy atom. The van der Waals surface area contributed by atoms with Gasteiger partial charge in [-0.3, -0.25) is 0 Å². The highest BCUT2D eigenvalue weighted by Crippen LogP contribution is 2.35. The molecule has 0 amide bonds. The highest BCUT2D eigenvalue weighted by atomic mass is 16.3. The molecular weight excluding hydrogens is 160 g/mol. The third-order valence-corrected chi connectivity index (χ3v) is 3.03. The minimum atomic E-state index is 0.422. The molecule has 0 aromatic heterocycles. The third kappa shape index (κ3) is 1.43. The average molecular weight is 176 g/mol. The van der Waals surface area contributed by atoms with Crippen LogP contribution in [0.25, 0.3) is 0 Å². The molecule has 0 radical (unpaired) electrons. The summed E-state index contributed by atoms with van der Waals surface area (Å²) < 4.78 is 0. The van der Waals surface area contributed by atoms with Gasteiger partial charge in [-0.1, -0.05) is 6.92 Å². The summed E-state index contributed by atoms with van der Waals surface area (Å²) in [6.07, 6.45) is 3.69. The molecule has 2 rings (SSSR count). The van der Waals surface area contributed by atoms with Crippen LogP contribution in [0.3, 0.4) is 0 Å². The first-order chi connectivity index (χ1) is 6.18. The molecule has 1 heteroatoms. The molecule has 1 aromatic carbocycles. The van der Waals surface area contributed by atoms with Gasteiger partial charge in [0.15, 0.2) is 0 Å². The molecule has 1 aliphatic rings. The molecule has 0 bridgehead atoms. The number of aryl methyl sites for hydroxylation is 2. The quantitative estimate of drug-likeness (QED) is 0.644. The molecule has 1 unspecified atom stereocenters. The van der Waals surface area contributed by atoms with Gasteiger partial charge in [-0.25, -0.2) is 0 Å². The molecule has 1 aliphatic carbocycles. The standard InChI is InChI=1S/C12H16O/c1-8-4-3-5-10-7-11(13)6-9(2)12(8)10/h6-8,13H,3-5H2,1-2H3. The summed E-state index contributed by atoms with van der Waals surface area (Å²) >= 11 is 0. The summed E-state index contributed by atoms with van der Waals surface area (Å²) in [5, 5.41) is 9.46. The van der Waals surface area contributed by atoms with Crippen LogP contribution in [-0.2, 0) is 6.42 Å². The summed E-state index contributed by atoms with van der Waals surface area (Å²) in [6.45, 7) is 4.38. The minimum Gasteiger partial charge on any atom is -0.508 e. The Morgan fingerprint density at radius 3 is 2.92 bits per heavy atom. The van der Waals surface area contributed by atoms with Crippen LogP contribution in [0.2, 0.25) is 0 Å². The molecule has 0 saturated carbocycles. The van der Waals surface area contributed by atoms with Crippen LogP contribution in [0.15, 0.2) is 12.1 Å². The Labute approximate surface area is 79.4 Å².